The Morgan fingerprint density at radius 3 is 1.91 bits per heavy atom. The van der Waals surface area contributed by atoms with Gasteiger partial charge in [0.2, 0.25) is 6.79 Å². The minimum atomic E-state index is -0.268. The molecule has 0 radical (unpaired) electrons. The van der Waals surface area contributed by atoms with Crippen molar-refractivity contribution in [2.45, 2.75) is 38.2 Å². The number of hydrogen-bond donors (Lipinski definition) is 0. The molecule has 0 bridgehead atoms. The van der Waals surface area contributed by atoms with E-state index in [-0.39, 0.29) is 18.9 Å². The lowest BCUT2D eigenvalue weighted by Gasteiger charge is -2.21. The molecule has 4 rings (SSSR count). The number of rotatable bonds is 6. The molecule has 0 aromatic heterocycles. The Bertz CT molecular complexity index is 1050. The third kappa shape index (κ3) is 6.39. The fourth-order valence-corrected chi connectivity index (χ4v) is 3.56. The first-order chi connectivity index (χ1) is 15.8. The minimum Gasteiger partial charge on any atom is -0.459 e. The molecule has 0 N–H and O–H groups in total. The molecule has 1 saturated carbocycles. The second kappa shape index (κ2) is 11.1. The van der Waals surface area contributed by atoms with Crippen molar-refractivity contribution in [1.29, 1.82) is 0 Å². The molecule has 32 heavy (non-hydrogen) atoms. The average molecular weight is 427 g/mol. The van der Waals surface area contributed by atoms with Crippen molar-refractivity contribution in [2.24, 2.45) is 0 Å². The van der Waals surface area contributed by atoms with Crippen LogP contribution in [0.4, 0.5) is 0 Å². The lowest BCUT2D eigenvalue weighted by Crippen LogP contribution is -2.20. The second-order valence-electron chi connectivity index (χ2n) is 7.74. The highest BCUT2D eigenvalue weighted by Crippen LogP contribution is 2.22. The Hall–Kier alpha value is -3.71. The summed E-state index contributed by atoms with van der Waals surface area (Å²) in [6, 6.07) is 24.4. The molecule has 0 aliphatic heterocycles. The van der Waals surface area contributed by atoms with Gasteiger partial charge in [-0.15, -0.1) is 0 Å². The summed E-state index contributed by atoms with van der Waals surface area (Å²) in [6.45, 7) is 0.0703. The highest BCUT2D eigenvalue weighted by atomic mass is 16.7. The number of benzene rings is 3. The Balaban J connectivity index is 1.23. The van der Waals surface area contributed by atoms with E-state index in [2.05, 4.69) is 11.8 Å². The Morgan fingerprint density at radius 1 is 0.719 bits per heavy atom. The van der Waals surface area contributed by atoms with Crippen LogP contribution in [-0.2, 0) is 4.74 Å². The highest BCUT2D eigenvalue weighted by molar-refractivity contribution is 5.89. The summed E-state index contributed by atoms with van der Waals surface area (Å²) in [5.41, 5.74) is 2.43. The number of ether oxygens (including phenoxy) is 3. The van der Waals surface area contributed by atoms with Gasteiger partial charge in [-0.2, -0.15) is 0 Å². The van der Waals surface area contributed by atoms with Gasteiger partial charge in [0.15, 0.2) is 0 Å². The topological polar surface area (TPSA) is 44.8 Å². The van der Waals surface area contributed by atoms with Crippen molar-refractivity contribution in [3.8, 4) is 23.3 Å². The number of carbonyl (C=O) groups excluding carboxylic acids is 1. The molecule has 4 nitrogen and oxygen atoms in total. The maximum Gasteiger partial charge on any atom is 0.338 e. The summed E-state index contributed by atoms with van der Waals surface area (Å²) >= 11 is 0. The summed E-state index contributed by atoms with van der Waals surface area (Å²) in [5.74, 6) is 7.33. The molecule has 162 valence electrons. The predicted molar refractivity (Wildman–Crippen MR) is 124 cm³/mol. The molecule has 1 aliphatic carbocycles. The van der Waals surface area contributed by atoms with Gasteiger partial charge in [0, 0.05) is 11.1 Å². The number of carbonyl (C=O) groups is 1. The quantitative estimate of drug-likeness (QED) is 0.276. The van der Waals surface area contributed by atoms with Crippen molar-refractivity contribution in [2.75, 3.05) is 6.79 Å². The van der Waals surface area contributed by atoms with Gasteiger partial charge in [-0.3, -0.25) is 0 Å². The van der Waals surface area contributed by atoms with E-state index in [0.717, 1.165) is 36.8 Å². The van der Waals surface area contributed by atoms with Crippen LogP contribution in [0.5, 0.6) is 11.5 Å². The Kier molecular flexibility index (Phi) is 7.44. The van der Waals surface area contributed by atoms with Crippen molar-refractivity contribution >= 4 is 5.97 Å². The smallest absolute Gasteiger partial charge is 0.338 e. The van der Waals surface area contributed by atoms with Gasteiger partial charge in [0.1, 0.15) is 17.6 Å². The lowest BCUT2D eigenvalue weighted by molar-refractivity contribution is 0.0211. The van der Waals surface area contributed by atoms with Crippen LogP contribution in [0.25, 0.3) is 0 Å². The molecule has 0 amide bonds. The van der Waals surface area contributed by atoms with Crippen LogP contribution in [0, 0.1) is 11.8 Å². The Labute approximate surface area is 189 Å². The van der Waals surface area contributed by atoms with E-state index >= 15 is 0 Å². The summed E-state index contributed by atoms with van der Waals surface area (Å²) < 4.78 is 16.9. The summed E-state index contributed by atoms with van der Waals surface area (Å²) in [7, 11) is 0. The van der Waals surface area contributed by atoms with Gasteiger partial charge < -0.3 is 14.2 Å². The summed E-state index contributed by atoms with van der Waals surface area (Å²) in [5, 5.41) is 0. The van der Waals surface area contributed by atoms with Crippen LogP contribution >= 0.6 is 0 Å². The van der Waals surface area contributed by atoms with E-state index in [4.69, 9.17) is 14.2 Å². The van der Waals surface area contributed by atoms with E-state index in [1.54, 1.807) is 24.3 Å². The molecular formula is C28H26O4. The van der Waals surface area contributed by atoms with E-state index in [9.17, 15) is 4.79 Å². The Morgan fingerprint density at radius 2 is 1.28 bits per heavy atom. The molecule has 0 spiro atoms. The SMILES string of the molecule is O=C(OC1CCCCC1)c1ccc(OCOc2ccc(C#Cc3ccccc3)cc2)cc1. The van der Waals surface area contributed by atoms with Gasteiger partial charge in [-0.1, -0.05) is 36.5 Å². The zero-order valence-electron chi connectivity index (χ0n) is 18.0. The molecule has 3 aromatic carbocycles. The molecule has 1 fully saturated rings. The largest absolute Gasteiger partial charge is 0.459 e. The highest BCUT2D eigenvalue weighted by Gasteiger charge is 2.18. The molecule has 0 heterocycles. The monoisotopic (exact) mass is 426 g/mol. The standard InChI is InChI=1S/C28H26O4/c29-28(32-27-9-5-2-6-10-27)24-15-19-26(20-16-24)31-21-30-25-17-13-23(14-18-25)12-11-22-7-3-1-4-8-22/h1,3-4,7-8,13-20,27H,2,5-6,9-10,21H2. The summed E-state index contributed by atoms with van der Waals surface area (Å²) in [6.07, 6.45) is 5.48. The zero-order chi connectivity index (χ0) is 22.0. The van der Waals surface area contributed by atoms with E-state index in [1.165, 1.54) is 6.42 Å². The lowest BCUT2D eigenvalue weighted by atomic mass is 9.98. The fourth-order valence-electron chi connectivity index (χ4n) is 3.56. The molecule has 0 saturated heterocycles. The van der Waals surface area contributed by atoms with Gasteiger partial charge >= 0.3 is 5.97 Å². The van der Waals surface area contributed by atoms with Gasteiger partial charge in [-0.05, 0) is 86.3 Å². The van der Waals surface area contributed by atoms with Crippen LogP contribution in [0.3, 0.4) is 0 Å². The third-order valence-corrected chi connectivity index (χ3v) is 5.35. The van der Waals surface area contributed by atoms with Crippen LogP contribution in [0.1, 0.15) is 53.6 Å². The first-order valence-electron chi connectivity index (χ1n) is 11.0. The van der Waals surface area contributed by atoms with Crippen molar-refractivity contribution in [1.82, 2.24) is 0 Å². The van der Waals surface area contributed by atoms with Crippen molar-refractivity contribution in [3.05, 3.63) is 95.6 Å². The molecule has 4 heteroatoms. The number of esters is 1. The second-order valence-corrected chi connectivity index (χ2v) is 7.74. The zero-order valence-corrected chi connectivity index (χ0v) is 18.0. The van der Waals surface area contributed by atoms with Crippen molar-refractivity contribution < 1.29 is 19.0 Å². The fraction of sp³-hybridized carbons (Fsp3) is 0.250. The number of hydrogen-bond acceptors (Lipinski definition) is 4. The van der Waals surface area contributed by atoms with Gasteiger partial charge in [0.05, 0.1) is 5.56 Å². The predicted octanol–water partition coefficient (Wildman–Crippen LogP) is 5.99. The average Bonchev–Trinajstić information content (AvgIpc) is 2.85. The third-order valence-electron chi connectivity index (χ3n) is 5.35. The van der Waals surface area contributed by atoms with Crippen LogP contribution in [-0.4, -0.2) is 18.9 Å². The van der Waals surface area contributed by atoms with Gasteiger partial charge in [0.25, 0.3) is 0 Å². The first kappa shape index (κ1) is 21.5. The van der Waals surface area contributed by atoms with E-state index in [0.29, 0.717) is 17.1 Å². The van der Waals surface area contributed by atoms with E-state index < -0.39 is 0 Å². The summed E-state index contributed by atoms with van der Waals surface area (Å²) in [4.78, 5) is 12.3. The normalized spacial score (nSPS) is 13.5. The van der Waals surface area contributed by atoms with E-state index in [1.807, 2.05) is 54.6 Å². The maximum atomic E-state index is 12.3. The van der Waals surface area contributed by atoms with Crippen LogP contribution < -0.4 is 9.47 Å². The van der Waals surface area contributed by atoms with Crippen LogP contribution in [0.2, 0.25) is 0 Å². The minimum absolute atomic E-state index is 0.0521. The molecule has 0 unspecified atom stereocenters. The van der Waals surface area contributed by atoms with Crippen molar-refractivity contribution in [3.63, 3.8) is 0 Å². The van der Waals surface area contributed by atoms with Gasteiger partial charge in [-0.25, -0.2) is 4.79 Å². The molecule has 0 atom stereocenters. The first-order valence-corrected chi connectivity index (χ1v) is 11.0. The van der Waals surface area contributed by atoms with Crippen LogP contribution in [0.15, 0.2) is 78.9 Å². The molecule has 3 aromatic rings. The molecule has 1 aliphatic rings. The molecular weight excluding hydrogens is 400 g/mol. The maximum absolute atomic E-state index is 12.3.